The lowest BCUT2D eigenvalue weighted by atomic mass is 10.2. The van der Waals surface area contributed by atoms with Crippen LogP contribution in [0, 0.1) is 0 Å². The fourth-order valence-electron chi connectivity index (χ4n) is 3.76. The number of piperazine rings is 1. The molecule has 1 saturated heterocycles. The number of anilines is 1. The summed E-state index contributed by atoms with van der Waals surface area (Å²) in [5, 5.41) is 19.8. The van der Waals surface area contributed by atoms with E-state index in [0.29, 0.717) is 17.9 Å². The van der Waals surface area contributed by atoms with Crippen LogP contribution in [0.15, 0.2) is 58.8 Å². The summed E-state index contributed by atoms with van der Waals surface area (Å²) < 4.78 is 1.84. The number of azo groups is 1. The number of nitrogens with zero attached hydrogens (tertiary/aromatic N) is 6. The SMILES string of the molecule is CN1CCN(Cn2c(O)c(N=NC(=O)c3ccc(N(C)C)cc3)c3ccccc32)CC1. The number of amides is 1. The van der Waals surface area contributed by atoms with Crippen LogP contribution in [0.4, 0.5) is 11.4 Å². The smallest absolute Gasteiger partial charge is 0.295 e. The molecule has 0 atom stereocenters. The van der Waals surface area contributed by atoms with Gasteiger partial charge in [-0.3, -0.25) is 14.3 Å². The molecule has 4 rings (SSSR count). The van der Waals surface area contributed by atoms with Gasteiger partial charge in [0.2, 0.25) is 5.88 Å². The van der Waals surface area contributed by atoms with Gasteiger partial charge in [-0.25, -0.2) is 0 Å². The number of aromatic hydroxyl groups is 1. The average Bonchev–Trinajstić information content (AvgIpc) is 3.04. The molecule has 0 radical (unpaired) electrons. The minimum Gasteiger partial charge on any atom is -0.493 e. The van der Waals surface area contributed by atoms with Crippen molar-refractivity contribution in [3.05, 3.63) is 54.1 Å². The summed E-state index contributed by atoms with van der Waals surface area (Å²) in [5.41, 5.74) is 2.65. The maximum atomic E-state index is 12.5. The minimum absolute atomic E-state index is 0.0274. The van der Waals surface area contributed by atoms with E-state index in [2.05, 4.69) is 27.1 Å². The predicted molar refractivity (Wildman–Crippen MR) is 122 cm³/mol. The van der Waals surface area contributed by atoms with E-state index in [0.717, 1.165) is 42.8 Å². The van der Waals surface area contributed by atoms with Crippen LogP contribution in [0.5, 0.6) is 5.88 Å². The molecule has 0 aliphatic carbocycles. The van der Waals surface area contributed by atoms with Crippen LogP contribution >= 0.6 is 0 Å². The van der Waals surface area contributed by atoms with Crippen molar-refractivity contribution in [2.45, 2.75) is 6.67 Å². The Morgan fingerprint density at radius 2 is 1.71 bits per heavy atom. The standard InChI is InChI=1S/C23H28N6O2/c1-26(2)18-10-8-17(9-11-18)22(30)25-24-21-19-6-4-5-7-20(19)29(23(21)31)16-28-14-12-27(3)13-15-28/h4-11,31H,12-16H2,1-3H3. The quantitative estimate of drug-likeness (QED) is 0.639. The van der Waals surface area contributed by atoms with Crippen molar-refractivity contribution in [3.63, 3.8) is 0 Å². The number of carbonyl (C=O) groups excluding carboxylic acids is 1. The molecule has 0 spiro atoms. The molecule has 1 aliphatic rings. The van der Waals surface area contributed by atoms with E-state index in [1.807, 2.05) is 60.0 Å². The molecule has 1 amide bonds. The van der Waals surface area contributed by atoms with Crippen LogP contribution in [0.2, 0.25) is 0 Å². The van der Waals surface area contributed by atoms with Gasteiger partial charge in [0, 0.05) is 56.9 Å². The first kappa shape index (κ1) is 21.0. The number of hydrogen-bond acceptors (Lipinski definition) is 6. The molecule has 1 aromatic heterocycles. The van der Waals surface area contributed by atoms with E-state index in [-0.39, 0.29) is 5.88 Å². The molecule has 8 heteroatoms. The molecule has 0 bridgehead atoms. The number of fused-ring (bicyclic) bond motifs is 1. The van der Waals surface area contributed by atoms with E-state index < -0.39 is 5.91 Å². The first-order valence-electron chi connectivity index (χ1n) is 10.4. The van der Waals surface area contributed by atoms with Gasteiger partial charge < -0.3 is 14.9 Å². The van der Waals surface area contributed by atoms with E-state index >= 15 is 0 Å². The highest BCUT2D eigenvalue weighted by Crippen LogP contribution is 2.39. The zero-order chi connectivity index (χ0) is 22.0. The molecule has 162 valence electrons. The molecule has 0 saturated carbocycles. The number of rotatable bonds is 5. The number of hydrogen-bond donors (Lipinski definition) is 1. The Morgan fingerprint density at radius 3 is 2.39 bits per heavy atom. The number of carbonyl (C=O) groups is 1. The van der Waals surface area contributed by atoms with Crippen molar-refractivity contribution >= 4 is 28.2 Å². The zero-order valence-electron chi connectivity index (χ0n) is 18.2. The monoisotopic (exact) mass is 420 g/mol. The van der Waals surface area contributed by atoms with Gasteiger partial charge in [-0.05, 0) is 37.4 Å². The van der Waals surface area contributed by atoms with Crippen LogP contribution in [0.3, 0.4) is 0 Å². The fourth-order valence-corrected chi connectivity index (χ4v) is 3.76. The van der Waals surface area contributed by atoms with E-state index in [9.17, 15) is 9.90 Å². The second-order valence-electron chi connectivity index (χ2n) is 8.13. The summed E-state index contributed by atoms with van der Waals surface area (Å²) >= 11 is 0. The predicted octanol–water partition coefficient (Wildman–Crippen LogP) is 3.54. The summed E-state index contributed by atoms with van der Waals surface area (Å²) in [6, 6.07) is 14.8. The highest BCUT2D eigenvalue weighted by molar-refractivity contribution is 5.97. The van der Waals surface area contributed by atoms with Crippen LogP contribution in [0.1, 0.15) is 10.4 Å². The number of para-hydroxylation sites is 1. The molecule has 1 aliphatic heterocycles. The Bertz CT molecular complexity index is 1100. The summed E-state index contributed by atoms with van der Waals surface area (Å²) in [5.74, 6) is -0.416. The van der Waals surface area contributed by atoms with Gasteiger partial charge in [0.05, 0.1) is 12.2 Å². The summed E-state index contributed by atoms with van der Waals surface area (Å²) in [7, 11) is 6.00. The molecule has 1 fully saturated rings. The van der Waals surface area contributed by atoms with Gasteiger partial charge in [-0.15, -0.1) is 10.2 Å². The highest BCUT2D eigenvalue weighted by atomic mass is 16.3. The number of benzene rings is 2. The van der Waals surface area contributed by atoms with Crippen LogP contribution in [0.25, 0.3) is 10.9 Å². The molecule has 8 nitrogen and oxygen atoms in total. The lowest BCUT2D eigenvalue weighted by Crippen LogP contribution is -2.44. The molecule has 1 N–H and O–H groups in total. The van der Waals surface area contributed by atoms with Gasteiger partial charge in [0.1, 0.15) is 0 Å². The first-order valence-corrected chi connectivity index (χ1v) is 10.4. The number of aromatic nitrogens is 1. The zero-order valence-corrected chi connectivity index (χ0v) is 18.2. The normalized spacial score (nSPS) is 15.7. The topological polar surface area (TPSA) is 76.7 Å². The van der Waals surface area contributed by atoms with Gasteiger partial charge in [0.25, 0.3) is 5.91 Å². The Balaban J connectivity index is 1.60. The Labute approximate surface area is 182 Å². The summed E-state index contributed by atoms with van der Waals surface area (Å²) in [4.78, 5) is 19.1. The molecular weight excluding hydrogens is 392 g/mol. The van der Waals surface area contributed by atoms with Crippen LogP contribution < -0.4 is 4.90 Å². The summed E-state index contributed by atoms with van der Waals surface area (Å²) in [6.07, 6.45) is 0. The number of likely N-dealkylation sites (N-methyl/N-ethyl adjacent to an activating group) is 1. The Kier molecular flexibility index (Phi) is 6.01. The van der Waals surface area contributed by atoms with Crippen LogP contribution in [-0.4, -0.2) is 72.7 Å². The van der Waals surface area contributed by atoms with Crippen molar-refractivity contribution in [1.82, 2.24) is 14.4 Å². The van der Waals surface area contributed by atoms with Crippen LogP contribution in [-0.2, 0) is 6.67 Å². The molecule has 31 heavy (non-hydrogen) atoms. The van der Waals surface area contributed by atoms with Crippen molar-refractivity contribution in [3.8, 4) is 5.88 Å². The summed E-state index contributed by atoms with van der Waals surface area (Å²) in [6.45, 7) is 4.42. The molecule has 3 aromatic rings. The molecule has 0 unspecified atom stereocenters. The van der Waals surface area contributed by atoms with Gasteiger partial charge in [0.15, 0.2) is 5.69 Å². The van der Waals surface area contributed by atoms with Crippen molar-refractivity contribution in [1.29, 1.82) is 0 Å². The average molecular weight is 421 g/mol. The Hall–Kier alpha value is -3.23. The Morgan fingerprint density at radius 1 is 1.03 bits per heavy atom. The maximum absolute atomic E-state index is 12.5. The highest BCUT2D eigenvalue weighted by Gasteiger charge is 2.20. The third-order valence-corrected chi connectivity index (χ3v) is 5.73. The van der Waals surface area contributed by atoms with Crippen molar-refractivity contribution in [2.75, 3.05) is 52.2 Å². The van der Waals surface area contributed by atoms with E-state index in [4.69, 9.17) is 0 Å². The maximum Gasteiger partial charge on any atom is 0.295 e. The molecular formula is C23H28N6O2. The first-order chi connectivity index (χ1) is 14.9. The van der Waals surface area contributed by atoms with E-state index in [1.165, 1.54) is 0 Å². The third kappa shape index (κ3) is 4.45. The molecule has 2 aromatic carbocycles. The lowest BCUT2D eigenvalue weighted by Gasteiger charge is -2.32. The van der Waals surface area contributed by atoms with Gasteiger partial charge in [-0.2, -0.15) is 0 Å². The minimum atomic E-state index is -0.444. The van der Waals surface area contributed by atoms with Gasteiger partial charge >= 0.3 is 0 Å². The fraction of sp³-hybridized carbons (Fsp3) is 0.348. The molecule has 2 heterocycles. The second kappa shape index (κ2) is 8.87. The second-order valence-corrected chi connectivity index (χ2v) is 8.13. The third-order valence-electron chi connectivity index (χ3n) is 5.73. The van der Waals surface area contributed by atoms with Crippen molar-refractivity contribution < 1.29 is 9.90 Å². The van der Waals surface area contributed by atoms with Crippen molar-refractivity contribution in [2.24, 2.45) is 10.2 Å². The van der Waals surface area contributed by atoms with E-state index in [1.54, 1.807) is 12.1 Å². The van der Waals surface area contributed by atoms with Gasteiger partial charge in [-0.1, -0.05) is 18.2 Å². The lowest BCUT2D eigenvalue weighted by molar-refractivity contribution is 0.0995. The largest absolute Gasteiger partial charge is 0.493 e.